The van der Waals surface area contributed by atoms with Gasteiger partial charge in [0.2, 0.25) is 0 Å². The van der Waals surface area contributed by atoms with Crippen LogP contribution in [0.5, 0.6) is 0 Å². The van der Waals surface area contributed by atoms with Crippen LogP contribution in [0.3, 0.4) is 0 Å². The van der Waals surface area contributed by atoms with Crippen molar-refractivity contribution in [3.8, 4) is 5.69 Å². The molecule has 5 heteroatoms. The zero-order chi connectivity index (χ0) is 16.9. The van der Waals surface area contributed by atoms with Crippen LogP contribution in [0.2, 0.25) is 0 Å². The Labute approximate surface area is 147 Å². The minimum absolute atomic E-state index is 0.126. The molecule has 2 aromatic rings. The summed E-state index contributed by atoms with van der Waals surface area (Å²) in [6, 6.07) is 8.32. The van der Waals surface area contributed by atoms with Crippen LogP contribution in [0.4, 0.5) is 0 Å². The molecule has 1 aromatic heterocycles. The molecule has 1 aromatic carbocycles. The zero-order valence-corrected chi connectivity index (χ0v) is 14.2. The number of aromatic nitrogens is 2. The molecule has 1 spiro atoms. The molecule has 0 amide bonds. The number of hydrogen-bond donors (Lipinski definition) is 0. The number of hydrogen-bond acceptors (Lipinski definition) is 4. The molecular formula is C20H22N2O3. The van der Waals surface area contributed by atoms with Crippen LogP contribution < -0.4 is 0 Å². The SMILES string of the molecule is O=C(CC1c2ccccc2-n2cncc21)C1CCC2(CC1)OCCO2. The number of ether oxygens (including phenoxy) is 2. The molecule has 0 radical (unpaired) electrons. The van der Waals surface area contributed by atoms with E-state index >= 15 is 0 Å². The Morgan fingerprint density at radius 1 is 1.20 bits per heavy atom. The largest absolute Gasteiger partial charge is 0.348 e. The number of rotatable bonds is 3. The first-order chi connectivity index (χ1) is 12.3. The second-order valence-electron chi connectivity index (χ2n) is 7.35. The fourth-order valence-electron chi connectivity index (χ4n) is 4.67. The Morgan fingerprint density at radius 3 is 2.76 bits per heavy atom. The summed E-state index contributed by atoms with van der Waals surface area (Å²) in [4.78, 5) is 17.3. The molecule has 1 saturated heterocycles. The van der Waals surface area contributed by atoms with Crippen LogP contribution in [0.1, 0.15) is 49.3 Å². The van der Waals surface area contributed by atoms with Crippen LogP contribution in [0, 0.1) is 5.92 Å². The van der Waals surface area contributed by atoms with Gasteiger partial charge >= 0.3 is 0 Å². The molecule has 130 valence electrons. The minimum atomic E-state index is -0.393. The van der Waals surface area contributed by atoms with Crippen molar-refractivity contribution in [3.05, 3.63) is 48.0 Å². The summed E-state index contributed by atoms with van der Waals surface area (Å²) in [5, 5.41) is 0. The Hall–Kier alpha value is -1.98. The number of carbonyl (C=O) groups excluding carboxylic acids is 1. The van der Waals surface area contributed by atoms with Gasteiger partial charge in [0.15, 0.2) is 5.79 Å². The molecule has 1 aliphatic carbocycles. The summed E-state index contributed by atoms with van der Waals surface area (Å²) >= 11 is 0. The van der Waals surface area contributed by atoms with Crippen molar-refractivity contribution in [3.63, 3.8) is 0 Å². The molecule has 0 N–H and O–H groups in total. The lowest BCUT2D eigenvalue weighted by molar-refractivity contribution is -0.183. The molecule has 2 fully saturated rings. The summed E-state index contributed by atoms with van der Waals surface area (Å²) in [6.45, 7) is 1.36. The second kappa shape index (κ2) is 5.78. The van der Waals surface area contributed by atoms with Gasteiger partial charge in [-0.25, -0.2) is 4.98 Å². The Kier molecular flexibility index (Phi) is 3.54. The summed E-state index contributed by atoms with van der Waals surface area (Å²) < 4.78 is 13.7. The van der Waals surface area contributed by atoms with E-state index in [9.17, 15) is 4.79 Å². The number of carbonyl (C=O) groups is 1. The highest BCUT2D eigenvalue weighted by atomic mass is 16.7. The van der Waals surface area contributed by atoms with E-state index in [2.05, 4.69) is 27.8 Å². The number of benzene rings is 1. The first-order valence-electron chi connectivity index (χ1n) is 9.18. The number of nitrogens with zero attached hydrogens (tertiary/aromatic N) is 2. The highest BCUT2D eigenvalue weighted by Gasteiger charge is 2.42. The second-order valence-corrected chi connectivity index (χ2v) is 7.35. The van der Waals surface area contributed by atoms with E-state index in [1.165, 1.54) is 5.56 Å². The van der Waals surface area contributed by atoms with Crippen LogP contribution in [-0.4, -0.2) is 34.3 Å². The van der Waals surface area contributed by atoms with Crippen molar-refractivity contribution in [1.29, 1.82) is 0 Å². The van der Waals surface area contributed by atoms with Gasteiger partial charge in [0.25, 0.3) is 0 Å². The molecular weight excluding hydrogens is 316 g/mol. The Bertz CT molecular complexity index is 797. The van der Waals surface area contributed by atoms with Crippen molar-refractivity contribution >= 4 is 5.78 Å². The highest BCUT2D eigenvalue weighted by Crippen LogP contribution is 2.43. The summed E-state index contributed by atoms with van der Waals surface area (Å²) in [6.07, 6.45) is 7.71. The van der Waals surface area contributed by atoms with Crippen molar-refractivity contribution < 1.29 is 14.3 Å². The van der Waals surface area contributed by atoms with Crippen molar-refractivity contribution in [2.75, 3.05) is 13.2 Å². The normalized spacial score (nSPS) is 24.4. The maximum atomic E-state index is 13.0. The van der Waals surface area contributed by atoms with Crippen molar-refractivity contribution in [1.82, 2.24) is 9.55 Å². The fourth-order valence-corrected chi connectivity index (χ4v) is 4.67. The molecule has 25 heavy (non-hydrogen) atoms. The Balaban J connectivity index is 1.32. The number of imidazole rings is 1. The lowest BCUT2D eigenvalue weighted by Crippen LogP contribution is -2.37. The molecule has 5 nitrogen and oxygen atoms in total. The average Bonchev–Trinajstić information content (AvgIpc) is 3.35. The predicted molar refractivity (Wildman–Crippen MR) is 91.6 cm³/mol. The van der Waals surface area contributed by atoms with Crippen LogP contribution in [-0.2, 0) is 14.3 Å². The van der Waals surface area contributed by atoms with Crippen molar-refractivity contribution in [2.24, 2.45) is 5.92 Å². The minimum Gasteiger partial charge on any atom is -0.348 e. The van der Waals surface area contributed by atoms with Gasteiger partial charge < -0.3 is 14.0 Å². The molecule has 1 atom stereocenters. The lowest BCUT2D eigenvalue weighted by Gasteiger charge is -2.35. The molecule has 5 rings (SSSR count). The van der Waals surface area contributed by atoms with Crippen LogP contribution in [0.25, 0.3) is 5.69 Å². The molecule has 3 aliphatic rings. The number of para-hydroxylation sites is 1. The fraction of sp³-hybridized carbons (Fsp3) is 0.500. The van der Waals surface area contributed by atoms with E-state index < -0.39 is 5.79 Å². The Morgan fingerprint density at radius 2 is 1.96 bits per heavy atom. The summed E-state index contributed by atoms with van der Waals surface area (Å²) in [5.41, 5.74) is 3.52. The highest BCUT2D eigenvalue weighted by molar-refractivity contribution is 5.83. The van der Waals surface area contributed by atoms with E-state index in [1.807, 2.05) is 18.6 Å². The predicted octanol–water partition coefficient (Wildman–Crippen LogP) is 3.21. The summed E-state index contributed by atoms with van der Waals surface area (Å²) in [5.74, 6) is 0.223. The number of ketones is 1. The first kappa shape index (κ1) is 15.3. The molecule has 2 aliphatic heterocycles. The van der Waals surface area contributed by atoms with Gasteiger partial charge in [0.05, 0.1) is 30.9 Å². The van der Waals surface area contributed by atoms with Gasteiger partial charge in [-0.1, -0.05) is 18.2 Å². The van der Waals surface area contributed by atoms with E-state index in [4.69, 9.17) is 9.47 Å². The van der Waals surface area contributed by atoms with E-state index in [0.29, 0.717) is 25.4 Å². The topological polar surface area (TPSA) is 53.4 Å². The maximum Gasteiger partial charge on any atom is 0.168 e. The van der Waals surface area contributed by atoms with Crippen molar-refractivity contribution in [2.45, 2.75) is 43.8 Å². The molecule has 1 saturated carbocycles. The molecule has 3 heterocycles. The van der Waals surface area contributed by atoms with Gasteiger partial charge in [-0.15, -0.1) is 0 Å². The summed E-state index contributed by atoms with van der Waals surface area (Å²) in [7, 11) is 0. The van der Waals surface area contributed by atoms with Crippen LogP contribution >= 0.6 is 0 Å². The number of Topliss-reactive ketones (excluding diaryl/α,β-unsaturated/α-hetero) is 1. The van der Waals surface area contributed by atoms with Gasteiger partial charge in [-0.2, -0.15) is 0 Å². The van der Waals surface area contributed by atoms with E-state index in [0.717, 1.165) is 37.1 Å². The molecule has 0 bridgehead atoms. The van der Waals surface area contributed by atoms with Crippen LogP contribution in [0.15, 0.2) is 36.8 Å². The monoisotopic (exact) mass is 338 g/mol. The third-order valence-corrected chi connectivity index (χ3v) is 6.02. The first-order valence-corrected chi connectivity index (χ1v) is 9.18. The van der Waals surface area contributed by atoms with Gasteiger partial charge in [-0.3, -0.25) is 4.79 Å². The quantitative estimate of drug-likeness (QED) is 0.862. The van der Waals surface area contributed by atoms with E-state index in [1.54, 1.807) is 0 Å². The van der Waals surface area contributed by atoms with Gasteiger partial charge in [0.1, 0.15) is 5.78 Å². The van der Waals surface area contributed by atoms with E-state index in [-0.39, 0.29) is 11.8 Å². The standard InChI is InChI=1S/C20H22N2O3/c23-19(14-5-7-20(8-6-14)24-9-10-25-20)11-16-15-3-1-2-4-17(15)22-13-21-12-18(16)22/h1-4,12-14,16H,5-11H2. The average molecular weight is 338 g/mol. The van der Waals surface area contributed by atoms with Gasteiger partial charge in [0, 0.05) is 37.3 Å². The van der Waals surface area contributed by atoms with Gasteiger partial charge in [-0.05, 0) is 24.5 Å². The maximum absolute atomic E-state index is 13.0. The third kappa shape index (κ3) is 2.45. The lowest BCUT2D eigenvalue weighted by atomic mass is 9.79. The smallest absolute Gasteiger partial charge is 0.168 e. The molecule has 1 unspecified atom stereocenters. The zero-order valence-electron chi connectivity index (χ0n) is 14.2. The number of fused-ring (bicyclic) bond motifs is 3. The third-order valence-electron chi connectivity index (χ3n) is 6.02.